The largest absolute Gasteiger partial charge is 0.394 e. The predicted octanol–water partition coefficient (Wildman–Crippen LogP) is -2.82. The lowest BCUT2D eigenvalue weighted by Gasteiger charge is -2.39. The van der Waals surface area contributed by atoms with E-state index in [4.69, 9.17) is 19.7 Å². The molecule has 7 heteroatoms. The van der Waals surface area contributed by atoms with E-state index in [1.165, 1.54) is 6.92 Å². The van der Waals surface area contributed by atoms with E-state index in [2.05, 4.69) is 0 Å². The Morgan fingerprint density at radius 2 is 1.81 bits per heavy atom. The van der Waals surface area contributed by atoms with Crippen molar-refractivity contribution < 1.29 is 35.0 Å². The van der Waals surface area contributed by atoms with Crippen LogP contribution in [0.5, 0.6) is 0 Å². The van der Waals surface area contributed by atoms with Crippen LogP contribution < -0.4 is 0 Å². The molecule has 16 heavy (non-hydrogen) atoms. The van der Waals surface area contributed by atoms with E-state index < -0.39 is 43.4 Å². The van der Waals surface area contributed by atoms with Crippen molar-refractivity contribution in [2.45, 2.75) is 43.7 Å². The topological polar surface area (TPSA) is 120 Å². The molecule has 0 aromatic rings. The van der Waals surface area contributed by atoms with Crippen LogP contribution in [0.2, 0.25) is 0 Å². The average molecular weight is 238 g/mol. The van der Waals surface area contributed by atoms with Gasteiger partial charge in [0.2, 0.25) is 0 Å². The third-order valence-electron chi connectivity index (χ3n) is 2.35. The van der Waals surface area contributed by atoms with Gasteiger partial charge in [-0.3, -0.25) is 0 Å². The van der Waals surface area contributed by atoms with Gasteiger partial charge in [-0.25, -0.2) is 0 Å². The Hall–Kier alpha value is -0.280. The lowest BCUT2D eigenvalue weighted by atomic mass is 9.99. The molecule has 0 aliphatic carbocycles. The first-order valence-corrected chi connectivity index (χ1v) is 5.07. The molecule has 0 radical (unpaired) electrons. The van der Waals surface area contributed by atoms with Crippen molar-refractivity contribution in [1.82, 2.24) is 0 Å². The molecule has 1 aliphatic heterocycles. The van der Waals surface area contributed by atoms with Gasteiger partial charge in [0.25, 0.3) is 0 Å². The van der Waals surface area contributed by atoms with Crippen LogP contribution >= 0.6 is 0 Å². The van der Waals surface area contributed by atoms with Crippen LogP contribution in [0.4, 0.5) is 0 Å². The summed E-state index contributed by atoms with van der Waals surface area (Å²) < 4.78 is 10.0. The second kappa shape index (κ2) is 5.87. The molecule has 96 valence electrons. The maximum Gasteiger partial charge on any atom is 0.186 e. The van der Waals surface area contributed by atoms with E-state index in [9.17, 15) is 15.3 Å². The van der Waals surface area contributed by atoms with Crippen molar-refractivity contribution in [2.75, 3.05) is 13.2 Å². The lowest BCUT2D eigenvalue weighted by molar-refractivity contribution is -0.304. The van der Waals surface area contributed by atoms with Gasteiger partial charge in [-0.15, -0.1) is 0 Å². The van der Waals surface area contributed by atoms with E-state index in [1.54, 1.807) is 0 Å². The van der Waals surface area contributed by atoms with Gasteiger partial charge in [0.15, 0.2) is 6.29 Å². The third-order valence-corrected chi connectivity index (χ3v) is 2.35. The number of aliphatic hydroxyl groups is 5. The standard InChI is InChI=1S/C9H18O7/c1-4(11)3-15-9-8(14)7(13)6(12)5(2-10)16-9/h4-14H,2-3H2,1H3/t4-,5+,6+,7-,8+,9+/m0/s1. The van der Waals surface area contributed by atoms with E-state index in [0.717, 1.165) is 0 Å². The van der Waals surface area contributed by atoms with Crippen LogP contribution in [0.25, 0.3) is 0 Å². The number of ether oxygens (including phenoxy) is 2. The van der Waals surface area contributed by atoms with Gasteiger partial charge in [-0.1, -0.05) is 0 Å². The smallest absolute Gasteiger partial charge is 0.186 e. The molecule has 0 bridgehead atoms. The molecule has 0 spiro atoms. The fraction of sp³-hybridized carbons (Fsp3) is 1.00. The zero-order valence-corrected chi connectivity index (χ0v) is 8.93. The Morgan fingerprint density at radius 3 is 2.31 bits per heavy atom. The van der Waals surface area contributed by atoms with Crippen molar-refractivity contribution in [3.8, 4) is 0 Å². The zero-order valence-electron chi connectivity index (χ0n) is 8.93. The molecule has 0 aromatic carbocycles. The van der Waals surface area contributed by atoms with Gasteiger partial charge >= 0.3 is 0 Å². The lowest BCUT2D eigenvalue weighted by Crippen LogP contribution is -2.59. The van der Waals surface area contributed by atoms with Crippen molar-refractivity contribution in [3.05, 3.63) is 0 Å². The van der Waals surface area contributed by atoms with Crippen LogP contribution in [-0.2, 0) is 9.47 Å². The van der Waals surface area contributed by atoms with Gasteiger partial charge < -0.3 is 35.0 Å². The molecule has 1 aliphatic rings. The minimum absolute atomic E-state index is 0.0807. The summed E-state index contributed by atoms with van der Waals surface area (Å²) in [5.74, 6) is 0. The summed E-state index contributed by atoms with van der Waals surface area (Å²) in [7, 11) is 0. The molecule has 1 fully saturated rings. The molecule has 1 rings (SSSR count). The average Bonchev–Trinajstić information content (AvgIpc) is 2.25. The van der Waals surface area contributed by atoms with Gasteiger partial charge in [-0.05, 0) is 6.92 Å². The summed E-state index contributed by atoms with van der Waals surface area (Å²) in [5.41, 5.74) is 0. The molecule has 0 saturated carbocycles. The molecule has 1 heterocycles. The highest BCUT2D eigenvalue weighted by atomic mass is 16.7. The van der Waals surface area contributed by atoms with E-state index >= 15 is 0 Å². The number of rotatable bonds is 4. The minimum atomic E-state index is -1.45. The highest BCUT2D eigenvalue weighted by molar-refractivity contribution is 4.88. The van der Waals surface area contributed by atoms with E-state index in [1.807, 2.05) is 0 Å². The molecule has 0 aromatic heterocycles. The maximum atomic E-state index is 9.51. The van der Waals surface area contributed by atoms with Crippen molar-refractivity contribution >= 4 is 0 Å². The monoisotopic (exact) mass is 238 g/mol. The Bertz CT molecular complexity index is 208. The molecule has 0 unspecified atom stereocenters. The molecule has 1 saturated heterocycles. The van der Waals surface area contributed by atoms with Gasteiger partial charge in [0, 0.05) is 0 Å². The number of hydrogen-bond acceptors (Lipinski definition) is 7. The van der Waals surface area contributed by atoms with Crippen molar-refractivity contribution in [2.24, 2.45) is 0 Å². The molecular formula is C9H18O7. The quantitative estimate of drug-likeness (QED) is 0.358. The van der Waals surface area contributed by atoms with E-state index in [-0.39, 0.29) is 6.61 Å². The molecular weight excluding hydrogens is 220 g/mol. The second-order valence-corrected chi connectivity index (χ2v) is 3.88. The van der Waals surface area contributed by atoms with Crippen molar-refractivity contribution in [1.29, 1.82) is 0 Å². The summed E-state index contributed by atoms with van der Waals surface area (Å²) in [5, 5.41) is 46.2. The fourth-order valence-corrected chi connectivity index (χ4v) is 1.44. The van der Waals surface area contributed by atoms with Crippen LogP contribution in [-0.4, -0.2) is 75.6 Å². The van der Waals surface area contributed by atoms with Crippen LogP contribution in [0.15, 0.2) is 0 Å². The van der Waals surface area contributed by atoms with Gasteiger partial charge in [0.05, 0.1) is 19.3 Å². The number of aliphatic hydroxyl groups excluding tert-OH is 5. The van der Waals surface area contributed by atoms with Crippen LogP contribution in [0.1, 0.15) is 6.92 Å². The summed E-state index contributed by atoms with van der Waals surface area (Å²) >= 11 is 0. The minimum Gasteiger partial charge on any atom is -0.394 e. The Balaban J connectivity index is 2.56. The Labute approximate surface area is 92.9 Å². The van der Waals surface area contributed by atoms with Crippen LogP contribution in [0, 0.1) is 0 Å². The first-order valence-electron chi connectivity index (χ1n) is 5.07. The van der Waals surface area contributed by atoms with E-state index in [0.29, 0.717) is 0 Å². The first kappa shape index (κ1) is 13.8. The fourth-order valence-electron chi connectivity index (χ4n) is 1.44. The highest BCUT2D eigenvalue weighted by Gasteiger charge is 2.43. The maximum absolute atomic E-state index is 9.51. The zero-order chi connectivity index (χ0) is 12.3. The van der Waals surface area contributed by atoms with Crippen LogP contribution in [0.3, 0.4) is 0 Å². The summed E-state index contributed by atoms with van der Waals surface area (Å²) in [6, 6.07) is 0. The second-order valence-electron chi connectivity index (χ2n) is 3.88. The highest BCUT2D eigenvalue weighted by Crippen LogP contribution is 2.21. The van der Waals surface area contributed by atoms with Gasteiger partial charge in [-0.2, -0.15) is 0 Å². The molecule has 7 nitrogen and oxygen atoms in total. The molecule has 0 amide bonds. The summed E-state index contributed by atoms with van der Waals surface area (Å²) in [6.07, 6.45) is -7.18. The Kier molecular flexibility index (Phi) is 5.06. The predicted molar refractivity (Wildman–Crippen MR) is 51.4 cm³/mol. The third kappa shape index (κ3) is 3.11. The Morgan fingerprint density at radius 1 is 1.19 bits per heavy atom. The first-order chi connectivity index (χ1) is 7.47. The molecule has 5 N–H and O–H groups in total. The SMILES string of the molecule is C[C@H](O)CO[C@@H]1O[C@H](CO)[C@@H](O)[C@H](O)[C@H]1O. The van der Waals surface area contributed by atoms with Crippen molar-refractivity contribution in [3.63, 3.8) is 0 Å². The molecule has 6 atom stereocenters. The van der Waals surface area contributed by atoms with Gasteiger partial charge in [0.1, 0.15) is 24.4 Å². The summed E-state index contributed by atoms with van der Waals surface area (Å²) in [6.45, 7) is 0.909. The summed E-state index contributed by atoms with van der Waals surface area (Å²) in [4.78, 5) is 0. The normalized spacial score (nSPS) is 42.0. The number of hydrogen-bond donors (Lipinski definition) is 5.